The van der Waals surface area contributed by atoms with Gasteiger partial charge < -0.3 is 15.3 Å². The summed E-state index contributed by atoms with van der Waals surface area (Å²) in [6.45, 7) is 5.31. The van der Waals surface area contributed by atoms with E-state index in [9.17, 15) is 4.79 Å². The van der Waals surface area contributed by atoms with E-state index in [1.54, 1.807) is 19.3 Å². The summed E-state index contributed by atoms with van der Waals surface area (Å²) in [5.74, 6) is -0.00192. The van der Waals surface area contributed by atoms with Gasteiger partial charge in [-0.1, -0.05) is 6.92 Å². The van der Waals surface area contributed by atoms with Crippen LogP contribution in [0, 0.1) is 0 Å². The fraction of sp³-hybridized carbons (Fsp3) is 0.538. The van der Waals surface area contributed by atoms with Crippen LogP contribution < -0.4 is 10.2 Å². The molecule has 2 aromatic heterocycles. The lowest BCUT2D eigenvalue weighted by atomic mass is 10.2. The molecule has 2 aromatic rings. The lowest BCUT2D eigenvalue weighted by Crippen LogP contribution is -2.44. The molecular formula is C13H19ClN8O2. The molecule has 0 radical (unpaired) electrons. The topological polar surface area (TPSA) is 122 Å². The minimum atomic E-state index is -0.984. The number of carboxylic acids is 1. The Bertz CT molecular complexity index is 671. The van der Waals surface area contributed by atoms with Gasteiger partial charge in [-0.15, -0.1) is 27.4 Å². The number of nitrogens with zero attached hydrogens (tertiary/aromatic N) is 7. The van der Waals surface area contributed by atoms with Crippen LogP contribution in [0.15, 0.2) is 12.4 Å². The average Bonchev–Trinajstić information content (AvgIpc) is 3.06. The summed E-state index contributed by atoms with van der Waals surface area (Å²) < 4.78 is 0. The smallest absolute Gasteiger partial charge is 0.330 e. The van der Waals surface area contributed by atoms with E-state index in [4.69, 9.17) is 5.11 Å². The Hall–Kier alpha value is -2.33. The van der Waals surface area contributed by atoms with E-state index in [1.807, 2.05) is 0 Å². The first-order valence-electron chi connectivity index (χ1n) is 7.49. The van der Waals surface area contributed by atoms with Crippen LogP contribution in [0.2, 0.25) is 0 Å². The molecule has 0 aromatic carbocycles. The number of rotatable bonds is 5. The maximum Gasteiger partial charge on any atom is 0.330 e. The highest BCUT2D eigenvalue weighted by atomic mass is 35.5. The lowest BCUT2D eigenvalue weighted by molar-refractivity contribution is -0.141. The number of aliphatic carboxylic acids is 1. The molecule has 0 spiro atoms. The molecule has 0 bridgehead atoms. The van der Waals surface area contributed by atoms with E-state index in [0.717, 1.165) is 31.0 Å². The molecule has 1 aliphatic heterocycles. The fourth-order valence-electron chi connectivity index (χ4n) is 2.37. The number of hydrogen-bond donors (Lipinski definition) is 2. The second kappa shape index (κ2) is 7.97. The third-order valence-electron chi connectivity index (χ3n) is 3.68. The Balaban J connectivity index is 0.00000208. The molecule has 2 N–H and O–H groups in total. The number of anilines is 1. The van der Waals surface area contributed by atoms with Crippen molar-refractivity contribution in [1.29, 1.82) is 0 Å². The van der Waals surface area contributed by atoms with Gasteiger partial charge in [-0.05, 0) is 11.6 Å². The van der Waals surface area contributed by atoms with E-state index in [1.165, 1.54) is 0 Å². The van der Waals surface area contributed by atoms with Gasteiger partial charge in [0.1, 0.15) is 0 Å². The van der Waals surface area contributed by atoms with Crippen LogP contribution in [0.25, 0.3) is 11.4 Å². The summed E-state index contributed by atoms with van der Waals surface area (Å²) in [6.07, 6.45) is 3.64. The predicted octanol–water partition coefficient (Wildman–Crippen LogP) is -0.00280. The van der Waals surface area contributed by atoms with E-state index in [0.29, 0.717) is 23.8 Å². The first-order valence-corrected chi connectivity index (χ1v) is 7.49. The van der Waals surface area contributed by atoms with Crippen LogP contribution in [0.1, 0.15) is 19.4 Å². The highest BCUT2D eigenvalue weighted by Crippen LogP contribution is 2.16. The number of piperazine rings is 1. The van der Waals surface area contributed by atoms with Crippen molar-refractivity contribution in [1.82, 2.24) is 35.5 Å². The fourth-order valence-corrected chi connectivity index (χ4v) is 2.37. The van der Waals surface area contributed by atoms with Crippen molar-refractivity contribution in [2.24, 2.45) is 0 Å². The van der Waals surface area contributed by atoms with Crippen molar-refractivity contribution in [3.63, 3.8) is 0 Å². The Morgan fingerprint density at radius 1 is 1.33 bits per heavy atom. The number of carbonyl (C=O) groups is 1. The molecule has 1 aliphatic rings. The van der Waals surface area contributed by atoms with Gasteiger partial charge in [-0.25, -0.2) is 14.8 Å². The molecule has 1 fully saturated rings. The van der Waals surface area contributed by atoms with Crippen molar-refractivity contribution in [2.45, 2.75) is 19.4 Å². The van der Waals surface area contributed by atoms with Gasteiger partial charge >= 0.3 is 5.97 Å². The van der Waals surface area contributed by atoms with Crippen molar-refractivity contribution in [2.75, 3.05) is 31.1 Å². The van der Waals surface area contributed by atoms with Gasteiger partial charge in [0.15, 0.2) is 6.04 Å². The SMILES string of the molecule is CCC(C(=O)O)n1nnc(-c2cnc(N3CCNCC3)nc2)n1.Cl. The third kappa shape index (κ3) is 3.77. The van der Waals surface area contributed by atoms with Crippen molar-refractivity contribution >= 4 is 24.3 Å². The van der Waals surface area contributed by atoms with Crippen molar-refractivity contribution in [3.8, 4) is 11.4 Å². The Morgan fingerprint density at radius 3 is 2.58 bits per heavy atom. The van der Waals surface area contributed by atoms with Crippen LogP contribution in [-0.4, -0.2) is 67.4 Å². The van der Waals surface area contributed by atoms with Crippen LogP contribution in [0.5, 0.6) is 0 Å². The molecule has 1 unspecified atom stereocenters. The molecule has 3 rings (SSSR count). The van der Waals surface area contributed by atoms with Gasteiger partial charge in [0.25, 0.3) is 0 Å². The molecule has 1 atom stereocenters. The highest BCUT2D eigenvalue weighted by Gasteiger charge is 2.21. The summed E-state index contributed by atoms with van der Waals surface area (Å²) in [5, 5.41) is 24.2. The Kier molecular flexibility index (Phi) is 5.99. The quantitative estimate of drug-likeness (QED) is 0.763. The molecule has 0 aliphatic carbocycles. The van der Waals surface area contributed by atoms with Crippen LogP contribution >= 0.6 is 12.4 Å². The molecule has 0 amide bonds. The average molecular weight is 355 g/mol. The molecule has 0 saturated carbocycles. The maximum atomic E-state index is 11.1. The number of aromatic nitrogens is 6. The molecule has 1 saturated heterocycles. The number of nitrogens with one attached hydrogen (secondary N) is 1. The van der Waals surface area contributed by atoms with Gasteiger partial charge in [-0.3, -0.25) is 0 Å². The second-order valence-corrected chi connectivity index (χ2v) is 5.20. The van der Waals surface area contributed by atoms with E-state index >= 15 is 0 Å². The number of carboxylic acid groups (broad SMARTS) is 1. The third-order valence-corrected chi connectivity index (χ3v) is 3.68. The molecule has 10 nitrogen and oxygen atoms in total. The van der Waals surface area contributed by atoms with Gasteiger partial charge in [0.05, 0.1) is 5.56 Å². The molecule has 130 valence electrons. The van der Waals surface area contributed by atoms with Crippen LogP contribution in [-0.2, 0) is 4.79 Å². The van der Waals surface area contributed by atoms with Gasteiger partial charge in [0.2, 0.25) is 11.8 Å². The van der Waals surface area contributed by atoms with Crippen molar-refractivity contribution in [3.05, 3.63) is 12.4 Å². The van der Waals surface area contributed by atoms with Crippen LogP contribution in [0.3, 0.4) is 0 Å². The minimum absolute atomic E-state index is 0. The van der Waals surface area contributed by atoms with E-state index < -0.39 is 12.0 Å². The zero-order chi connectivity index (χ0) is 16.2. The zero-order valence-corrected chi connectivity index (χ0v) is 14.0. The van der Waals surface area contributed by atoms with Crippen LogP contribution in [0.4, 0.5) is 5.95 Å². The predicted molar refractivity (Wildman–Crippen MR) is 88.1 cm³/mol. The Labute approximate surface area is 144 Å². The summed E-state index contributed by atoms with van der Waals surface area (Å²) in [6, 6.07) is -0.822. The lowest BCUT2D eigenvalue weighted by Gasteiger charge is -2.27. The number of halogens is 1. The summed E-state index contributed by atoms with van der Waals surface area (Å²) >= 11 is 0. The molecule has 3 heterocycles. The summed E-state index contributed by atoms with van der Waals surface area (Å²) in [7, 11) is 0. The summed E-state index contributed by atoms with van der Waals surface area (Å²) in [4.78, 5) is 23.0. The zero-order valence-electron chi connectivity index (χ0n) is 13.2. The first kappa shape index (κ1) is 18.0. The van der Waals surface area contributed by atoms with E-state index in [-0.39, 0.29) is 12.4 Å². The second-order valence-electron chi connectivity index (χ2n) is 5.20. The molecular weight excluding hydrogens is 336 g/mol. The monoisotopic (exact) mass is 354 g/mol. The maximum absolute atomic E-state index is 11.1. The largest absolute Gasteiger partial charge is 0.480 e. The van der Waals surface area contributed by atoms with Gasteiger partial charge in [-0.2, -0.15) is 0 Å². The molecule has 24 heavy (non-hydrogen) atoms. The Morgan fingerprint density at radius 2 is 2.00 bits per heavy atom. The minimum Gasteiger partial charge on any atom is -0.480 e. The number of tetrazole rings is 1. The van der Waals surface area contributed by atoms with Gasteiger partial charge in [0, 0.05) is 38.6 Å². The number of hydrogen-bond acceptors (Lipinski definition) is 8. The van der Waals surface area contributed by atoms with Crippen molar-refractivity contribution < 1.29 is 9.90 Å². The highest BCUT2D eigenvalue weighted by molar-refractivity contribution is 5.85. The first-order chi connectivity index (χ1) is 11.2. The molecule has 11 heteroatoms. The standard InChI is InChI=1S/C13H18N8O2.ClH/c1-2-10(12(22)23)21-18-11(17-19-21)9-7-15-13(16-8-9)20-5-3-14-4-6-20;/h7-8,10,14H,2-6H2,1H3,(H,22,23);1H. The van der Waals surface area contributed by atoms with E-state index in [2.05, 4.69) is 35.6 Å². The normalized spacial score (nSPS) is 15.6. The summed E-state index contributed by atoms with van der Waals surface area (Å²) in [5.41, 5.74) is 0.607.